The van der Waals surface area contributed by atoms with Crippen LogP contribution in [-0.2, 0) is 4.74 Å². The number of carbonyl (C=O) groups excluding carboxylic acids is 1. The molecule has 0 spiro atoms. The number of hydrogen-bond acceptors (Lipinski definition) is 4. The minimum Gasteiger partial charge on any atom is -0.376 e. The Labute approximate surface area is 122 Å². The van der Waals surface area contributed by atoms with Crippen LogP contribution in [0, 0.1) is 0 Å². The smallest absolute Gasteiger partial charge is 0.253 e. The van der Waals surface area contributed by atoms with Gasteiger partial charge in [-0.2, -0.15) is 0 Å². The van der Waals surface area contributed by atoms with Crippen LogP contribution in [0.3, 0.4) is 0 Å². The van der Waals surface area contributed by atoms with Gasteiger partial charge in [0.15, 0.2) is 0 Å². The first-order chi connectivity index (χ1) is 9.78. The molecule has 0 unspecified atom stereocenters. The first-order valence-corrected chi connectivity index (χ1v) is 7.90. The van der Waals surface area contributed by atoms with Crippen molar-refractivity contribution < 1.29 is 9.53 Å². The number of benzene rings is 1. The molecule has 20 heavy (non-hydrogen) atoms. The number of thiazole rings is 1. The second kappa shape index (κ2) is 5.89. The summed E-state index contributed by atoms with van der Waals surface area (Å²) >= 11 is 1.56. The molecule has 1 aromatic carbocycles. The molecule has 0 radical (unpaired) electrons. The van der Waals surface area contributed by atoms with Crippen LogP contribution in [0.15, 0.2) is 23.7 Å². The molecular formula is C15H18N2O2S. The first-order valence-electron chi connectivity index (χ1n) is 7.02. The quantitative estimate of drug-likeness (QED) is 0.869. The number of ether oxygens (including phenoxy) is 1. The van der Waals surface area contributed by atoms with Crippen molar-refractivity contribution >= 4 is 27.5 Å². The van der Waals surface area contributed by atoms with Crippen molar-refractivity contribution in [1.82, 2.24) is 9.88 Å². The summed E-state index contributed by atoms with van der Waals surface area (Å²) < 4.78 is 6.69. The normalized spacial score (nSPS) is 18.6. The van der Waals surface area contributed by atoms with E-state index >= 15 is 0 Å². The van der Waals surface area contributed by atoms with Crippen molar-refractivity contribution in [2.75, 3.05) is 19.7 Å². The molecule has 0 bridgehead atoms. The van der Waals surface area contributed by atoms with Gasteiger partial charge in [0.25, 0.3) is 5.91 Å². The Balaban J connectivity index is 1.77. The van der Waals surface area contributed by atoms with Gasteiger partial charge in [0, 0.05) is 25.3 Å². The van der Waals surface area contributed by atoms with Gasteiger partial charge in [-0.25, -0.2) is 4.98 Å². The number of nitrogens with zero attached hydrogens (tertiary/aromatic N) is 2. The predicted octanol–water partition coefficient (Wildman–Crippen LogP) is 2.94. The summed E-state index contributed by atoms with van der Waals surface area (Å²) in [5, 5.41) is 0. The number of amides is 1. The summed E-state index contributed by atoms with van der Waals surface area (Å²) in [5.74, 6) is 0.0818. The van der Waals surface area contributed by atoms with E-state index in [-0.39, 0.29) is 12.0 Å². The van der Waals surface area contributed by atoms with Gasteiger partial charge in [0.2, 0.25) is 0 Å². The summed E-state index contributed by atoms with van der Waals surface area (Å²) in [6, 6.07) is 5.72. The Bertz CT molecular complexity index is 605. The molecule has 1 fully saturated rings. The second-order valence-corrected chi connectivity index (χ2v) is 5.90. The van der Waals surface area contributed by atoms with E-state index in [1.807, 2.05) is 35.5 Å². The van der Waals surface area contributed by atoms with Gasteiger partial charge in [-0.15, -0.1) is 11.3 Å². The minimum absolute atomic E-state index is 0.0818. The van der Waals surface area contributed by atoms with E-state index in [9.17, 15) is 4.79 Å². The molecule has 4 nitrogen and oxygen atoms in total. The predicted molar refractivity (Wildman–Crippen MR) is 80.2 cm³/mol. The Morgan fingerprint density at radius 3 is 3.20 bits per heavy atom. The zero-order chi connectivity index (χ0) is 13.9. The van der Waals surface area contributed by atoms with Crippen molar-refractivity contribution in [2.45, 2.75) is 25.9 Å². The van der Waals surface area contributed by atoms with Crippen LogP contribution in [0.1, 0.15) is 30.1 Å². The van der Waals surface area contributed by atoms with Gasteiger partial charge in [-0.05, 0) is 38.0 Å². The second-order valence-electron chi connectivity index (χ2n) is 5.01. The highest BCUT2D eigenvalue weighted by molar-refractivity contribution is 7.16. The molecule has 5 heteroatoms. The van der Waals surface area contributed by atoms with E-state index in [0.717, 1.165) is 35.2 Å². The molecule has 1 aliphatic rings. The highest BCUT2D eigenvalue weighted by Crippen LogP contribution is 2.21. The molecule has 1 saturated heterocycles. The van der Waals surface area contributed by atoms with E-state index in [0.29, 0.717) is 13.1 Å². The number of carbonyl (C=O) groups is 1. The van der Waals surface area contributed by atoms with Crippen molar-refractivity contribution in [1.29, 1.82) is 0 Å². The summed E-state index contributed by atoms with van der Waals surface area (Å²) in [6.07, 6.45) is 2.35. The molecule has 1 aromatic heterocycles. The summed E-state index contributed by atoms with van der Waals surface area (Å²) in [6.45, 7) is 4.23. The van der Waals surface area contributed by atoms with E-state index in [2.05, 4.69) is 4.98 Å². The minimum atomic E-state index is 0.0818. The third kappa shape index (κ3) is 2.69. The van der Waals surface area contributed by atoms with Crippen LogP contribution in [0.4, 0.5) is 0 Å². The molecule has 0 saturated carbocycles. The van der Waals surface area contributed by atoms with Crippen LogP contribution < -0.4 is 0 Å². The molecule has 1 amide bonds. The molecule has 1 aliphatic heterocycles. The standard InChI is InChI=1S/C15H18N2O2S/c1-2-17(9-12-4-3-7-19-12)15(18)11-5-6-13-14(8-11)20-10-16-13/h5-6,8,10,12H,2-4,7,9H2,1H3/t12-/m0/s1. The maximum Gasteiger partial charge on any atom is 0.253 e. The van der Waals surface area contributed by atoms with Crippen LogP contribution in [0.25, 0.3) is 10.2 Å². The van der Waals surface area contributed by atoms with Gasteiger partial charge < -0.3 is 9.64 Å². The maximum absolute atomic E-state index is 12.6. The molecule has 2 aromatic rings. The number of hydrogen-bond donors (Lipinski definition) is 0. The van der Waals surface area contributed by atoms with E-state index in [1.54, 1.807) is 11.3 Å². The van der Waals surface area contributed by atoms with E-state index < -0.39 is 0 Å². The number of aromatic nitrogens is 1. The van der Waals surface area contributed by atoms with Gasteiger partial charge in [-0.3, -0.25) is 4.79 Å². The SMILES string of the molecule is CCN(C[C@@H]1CCCO1)C(=O)c1ccc2ncsc2c1. The van der Waals surface area contributed by atoms with Gasteiger partial charge in [-0.1, -0.05) is 0 Å². The summed E-state index contributed by atoms with van der Waals surface area (Å²) in [4.78, 5) is 18.7. The monoisotopic (exact) mass is 290 g/mol. The fraction of sp³-hybridized carbons (Fsp3) is 0.467. The lowest BCUT2D eigenvalue weighted by Gasteiger charge is -2.24. The average Bonchev–Trinajstić information content (AvgIpc) is 3.14. The van der Waals surface area contributed by atoms with Crippen molar-refractivity contribution in [3.8, 4) is 0 Å². The molecular weight excluding hydrogens is 272 g/mol. The van der Waals surface area contributed by atoms with Gasteiger partial charge in [0.1, 0.15) is 0 Å². The Morgan fingerprint density at radius 1 is 1.55 bits per heavy atom. The largest absolute Gasteiger partial charge is 0.376 e. The van der Waals surface area contributed by atoms with Gasteiger partial charge in [0.05, 0.1) is 21.8 Å². The Hall–Kier alpha value is -1.46. The molecule has 0 aliphatic carbocycles. The molecule has 1 atom stereocenters. The lowest BCUT2D eigenvalue weighted by molar-refractivity contribution is 0.0539. The zero-order valence-corrected chi connectivity index (χ0v) is 12.4. The van der Waals surface area contributed by atoms with Crippen LogP contribution in [-0.4, -0.2) is 41.6 Å². The van der Waals surface area contributed by atoms with Crippen LogP contribution in [0.2, 0.25) is 0 Å². The number of likely N-dealkylation sites (N-methyl/N-ethyl adjacent to an activating group) is 1. The molecule has 0 N–H and O–H groups in total. The average molecular weight is 290 g/mol. The van der Waals surface area contributed by atoms with E-state index in [1.165, 1.54) is 0 Å². The summed E-state index contributed by atoms with van der Waals surface area (Å²) in [5.41, 5.74) is 3.50. The third-order valence-corrected chi connectivity index (χ3v) is 4.49. The van der Waals surface area contributed by atoms with Crippen molar-refractivity contribution in [2.24, 2.45) is 0 Å². The van der Waals surface area contributed by atoms with Crippen LogP contribution >= 0.6 is 11.3 Å². The summed E-state index contributed by atoms with van der Waals surface area (Å²) in [7, 11) is 0. The topological polar surface area (TPSA) is 42.4 Å². The van der Waals surface area contributed by atoms with Crippen molar-refractivity contribution in [3.63, 3.8) is 0 Å². The molecule has 106 valence electrons. The molecule has 3 rings (SSSR count). The van der Waals surface area contributed by atoms with Crippen LogP contribution in [0.5, 0.6) is 0 Å². The fourth-order valence-electron chi connectivity index (χ4n) is 2.56. The zero-order valence-electron chi connectivity index (χ0n) is 11.5. The lowest BCUT2D eigenvalue weighted by Crippen LogP contribution is -2.37. The number of rotatable bonds is 4. The Kier molecular flexibility index (Phi) is 3.98. The highest BCUT2D eigenvalue weighted by Gasteiger charge is 2.22. The van der Waals surface area contributed by atoms with E-state index in [4.69, 9.17) is 4.74 Å². The lowest BCUT2D eigenvalue weighted by atomic mass is 10.1. The third-order valence-electron chi connectivity index (χ3n) is 3.70. The maximum atomic E-state index is 12.6. The first kappa shape index (κ1) is 13.5. The highest BCUT2D eigenvalue weighted by atomic mass is 32.1. The number of fused-ring (bicyclic) bond motifs is 1. The fourth-order valence-corrected chi connectivity index (χ4v) is 3.28. The Morgan fingerprint density at radius 2 is 2.45 bits per heavy atom. The van der Waals surface area contributed by atoms with Crippen molar-refractivity contribution in [3.05, 3.63) is 29.3 Å². The van der Waals surface area contributed by atoms with Gasteiger partial charge >= 0.3 is 0 Å². The molecule has 2 heterocycles.